The third kappa shape index (κ3) is 3.47. The fourth-order valence-corrected chi connectivity index (χ4v) is 4.10. The number of aromatic nitrogens is 2. The van der Waals surface area contributed by atoms with Gasteiger partial charge in [0.2, 0.25) is 0 Å². The van der Waals surface area contributed by atoms with E-state index in [2.05, 4.69) is 10.4 Å². The van der Waals surface area contributed by atoms with Gasteiger partial charge in [-0.3, -0.25) is 9.59 Å². The third-order valence-electron chi connectivity index (χ3n) is 5.46. The number of rotatable bonds is 5. The lowest BCUT2D eigenvalue weighted by Crippen LogP contribution is -2.53. The molecule has 1 aromatic carbocycles. The first kappa shape index (κ1) is 17.7. The Hall–Kier alpha value is -2.67. The Morgan fingerprint density at radius 2 is 1.93 bits per heavy atom. The van der Waals surface area contributed by atoms with Crippen LogP contribution in [0.4, 0.5) is 0 Å². The number of carbonyl (C=O) groups excluding carboxylic acids is 1. The Bertz CT molecular complexity index is 854. The maximum Gasteiger partial charge on any atom is 0.305 e. The molecular formula is C20H23N3O4. The molecule has 1 aromatic heterocycles. The largest absolute Gasteiger partial charge is 0.481 e. The number of ether oxygens (including phenoxy) is 1. The number of hydrogen-bond acceptors (Lipinski definition) is 4. The van der Waals surface area contributed by atoms with Gasteiger partial charge in [-0.05, 0) is 44.2 Å². The van der Waals surface area contributed by atoms with Gasteiger partial charge in [0.25, 0.3) is 5.91 Å². The van der Waals surface area contributed by atoms with Crippen molar-refractivity contribution in [2.75, 3.05) is 13.2 Å². The second-order valence-corrected chi connectivity index (χ2v) is 7.29. The fraction of sp³-hybridized carbons (Fsp3) is 0.450. The first-order chi connectivity index (χ1) is 13.1. The summed E-state index contributed by atoms with van der Waals surface area (Å²) in [5, 5.41) is 16.9. The van der Waals surface area contributed by atoms with E-state index in [1.54, 1.807) is 0 Å². The summed E-state index contributed by atoms with van der Waals surface area (Å²) in [4.78, 5) is 24.4. The third-order valence-corrected chi connectivity index (χ3v) is 5.46. The van der Waals surface area contributed by atoms with Crippen LogP contribution in [-0.4, -0.2) is 45.5 Å². The summed E-state index contributed by atoms with van der Waals surface area (Å²) in [5.41, 5.74) is 2.63. The molecular weight excluding hydrogens is 346 g/mol. The minimum Gasteiger partial charge on any atom is -0.481 e. The molecule has 1 aliphatic carbocycles. The van der Waals surface area contributed by atoms with Gasteiger partial charge in [0, 0.05) is 24.5 Å². The topological polar surface area (TPSA) is 93.5 Å². The maximum absolute atomic E-state index is 13.1. The van der Waals surface area contributed by atoms with Crippen molar-refractivity contribution in [2.45, 2.75) is 44.1 Å². The first-order valence-electron chi connectivity index (χ1n) is 9.36. The summed E-state index contributed by atoms with van der Waals surface area (Å²) in [7, 11) is 0. The minimum atomic E-state index is -0.919. The van der Waals surface area contributed by atoms with E-state index in [4.69, 9.17) is 4.74 Å². The average molecular weight is 369 g/mol. The summed E-state index contributed by atoms with van der Waals surface area (Å²) in [6.45, 7) is 0.897. The molecule has 1 fully saturated rings. The molecule has 1 amide bonds. The molecule has 2 N–H and O–H groups in total. The quantitative estimate of drug-likeness (QED) is 0.842. The molecule has 7 nitrogen and oxygen atoms in total. The summed E-state index contributed by atoms with van der Waals surface area (Å²) in [6.07, 6.45) is 3.58. The van der Waals surface area contributed by atoms with Crippen LogP contribution in [0.25, 0.3) is 5.69 Å². The van der Waals surface area contributed by atoms with Gasteiger partial charge < -0.3 is 15.2 Å². The number of carboxylic acid groups (broad SMARTS) is 1. The van der Waals surface area contributed by atoms with Crippen LogP contribution >= 0.6 is 0 Å². The van der Waals surface area contributed by atoms with Gasteiger partial charge in [0.1, 0.15) is 0 Å². The van der Waals surface area contributed by atoms with Crippen molar-refractivity contribution in [3.63, 3.8) is 0 Å². The van der Waals surface area contributed by atoms with E-state index < -0.39 is 11.5 Å². The number of carboxylic acids is 1. The van der Waals surface area contributed by atoms with Crippen molar-refractivity contribution in [1.29, 1.82) is 0 Å². The Labute approximate surface area is 157 Å². The number of fused-ring (bicyclic) bond motifs is 1. The highest BCUT2D eigenvalue weighted by Gasteiger charge is 2.38. The van der Waals surface area contributed by atoms with Crippen molar-refractivity contribution in [3.8, 4) is 5.69 Å². The number of carbonyl (C=O) groups is 2. The maximum atomic E-state index is 13.1. The highest BCUT2D eigenvalue weighted by molar-refractivity contribution is 5.95. The lowest BCUT2D eigenvalue weighted by Gasteiger charge is -2.36. The van der Waals surface area contributed by atoms with Gasteiger partial charge in [-0.25, -0.2) is 4.68 Å². The van der Waals surface area contributed by atoms with Crippen LogP contribution in [0.5, 0.6) is 0 Å². The van der Waals surface area contributed by atoms with Crippen LogP contribution < -0.4 is 5.32 Å². The fourth-order valence-electron chi connectivity index (χ4n) is 4.10. The Kier molecular flexibility index (Phi) is 4.70. The molecule has 0 bridgehead atoms. The highest BCUT2D eigenvalue weighted by Crippen LogP contribution is 2.30. The van der Waals surface area contributed by atoms with Crippen molar-refractivity contribution in [3.05, 3.63) is 47.3 Å². The van der Waals surface area contributed by atoms with E-state index >= 15 is 0 Å². The van der Waals surface area contributed by atoms with Gasteiger partial charge in [-0.1, -0.05) is 18.2 Å². The summed E-state index contributed by atoms with van der Waals surface area (Å²) in [5.74, 6) is -1.21. The van der Waals surface area contributed by atoms with Crippen LogP contribution in [-0.2, 0) is 22.4 Å². The zero-order valence-electron chi connectivity index (χ0n) is 15.1. The minimum absolute atomic E-state index is 0.107. The van der Waals surface area contributed by atoms with E-state index in [-0.39, 0.29) is 12.3 Å². The number of aliphatic carboxylic acids is 1. The zero-order chi connectivity index (χ0) is 18.9. The summed E-state index contributed by atoms with van der Waals surface area (Å²) in [6, 6.07) is 9.78. The second kappa shape index (κ2) is 7.15. The Morgan fingerprint density at radius 3 is 2.63 bits per heavy atom. The number of amides is 1. The van der Waals surface area contributed by atoms with Crippen molar-refractivity contribution < 1.29 is 19.4 Å². The molecule has 7 heteroatoms. The van der Waals surface area contributed by atoms with Gasteiger partial charge in [0.05, 0.1) is 17.6 Å². The molecule has 0 atom stereocenters. The smallest absolute Gasteiger partial charge is 0.305 e. The second-order valence-electron chi connectivity index (χ2n) is 7.29. The number of para-hydroxylation sites is 1. The molecule has 0 spiro atoms. The SMILES string of the molecule is O=C(O)CC1(NC(=O)c2nn(-c3ccccc3)c3c2CCC3)CCOCC1. The molecule has 1 aliphatic heterocycles. The van der Waals surface area contributed by atoms with Gasteiger partial charge in [-0.15, -0.1) is 0 Å². The normalized spacial score (nSPS) is 18.1. The van der Waals surface area contributed by atoms with Crippen molar-refractivity contribution >= 4 is 11.9 Å². The number of benzene rings is 1. The summed E-state index contributed by atoms with van der Waals surface area (Å²) >= 11 is 0. The molecule has 2 heterocycles. The van der Waals surface area contributed by atoms with Crippen molar-refractivity contribution in [1.82, 2.24) is 15.1 Å². The van der Waals surface area contributed by atoms with Crippen LogP contribution in [0.2, 0.25) is 0 Å². The number of hydrogen-bond donors (Lipinski definition) is 2. The highest BCUT2D eigenvalue weighted by atomic mass is 16.5. The molecule has 0 saturated carbocycles. The van der Waals surface area contributed by atoms with Gasteiger partial charge in [-0.2, -0.15) is 5.10 Å². The predicted octanol–water partition coefficient (Wildman–Crippen LogP) is 2.11. The van der Waals surface area contributed by atoms with Crippen LogP contribution in [0.3, 0.4) is 0 Å². The monoisotopic (exact) mass is 369 g/mol. The first-order valence-corrected chi connectivity index (χ1v) is 9.36. The van der Waals surface area contributed by atoms with Crippen LogP contribution in [0.15, 0.2) is 30.3 Å². The van der Waals surface area contributed by atoms with Crippen LogP contribution in [0, 0.1) is 0 Å². The standard InChI is InChI=1S/C20H23N3O4/c24-17(25)13-20(9-11-27-12-10-20)21-19(26)18-15-7-4-8-16(15)23(22-18)14-5-2-1-3-6-14/h1-3,5-6H,4,7-13H2,(H,21,26)(H,24,25). The molecule has 2 aliphatic rings. The van der Waals surface area contributed by atoms with Gasteiger partial charge in [0.15, 0.2) is 5.69 Å². The average Bonchev–Trinajstić information content (AvgIpc) is 3.24. The molecule has 2 aromatic rings. The van der Waals surface area contributed by atoms with E-state index in [0.29, 0.717) is 31.7 Å². The Balaban J connectivity index is 1.65. The van der Waals surface area contributed by atoms with Crippen LogP contribution in [0.1, 0.15) is 47.4 Å². The molecule has 0 unspecified atom stereocenters. The van der Waals surface area contributed by atoms with E-state index in [9.17, 15) is 14.7 Å². The lowest BCUT2D eigenvalue weighted by atomic mass is 9.86. The lowest BCUT2D eigenvalue weighted by molar-refractivity contribution is -0.139. The van der Waals surface area contributed by atoms with E-state index in [0.717, 1.165) is 36.2 Å². The molecule has 4 rings (SSSR count). The zero-order valence-corrected chi connectivity index (χ0v) is 15.1. The van der Waals surface area contributed by atoms with E-state index in [1.807, 2.05) is 35.0 Å². The number of nitrogens with zero attached hydrogens (tertiary/aromatic N) is 2. The Morgan fingerprint density at radius 1 is 1.19 bits per heavy atom. The molecule has 27 heavy (non-hydrogen) atoms. The van der Waals surface area contributed by atoms with E-state index in [1.165, 1.54) is 0 Å². The summed E-state index contributed by atoms with van der Waals surface area (Å²) < 4.78 is 7.22. The van der Waals surface area contributed by atoms with Crippen molar-refractivity contribution in [2.24, 2.45) is 0 Å². The molecule has 142 valence electrons. The molecule has 1 saturated heterocycles. The van der Waals surface area contributed by atoms with Gasteiger partial charge >= 0.3 is 5.97 Å². The molecule has 0 radical (unpaired) electrons. The number of nitrogens with one attached hydrogen (secondary N) is 1. The predicted molar refractivity (Wildman–Crippen MR) is 98.1 cm³/mol.